The van der Waals surface area contributed by atoms with Gasteiger partial charge in [0.25, 0.3) is 0 Å². The minimum atomic E-state index is -0.0788. The van der Waals surface area contributed by atoms with Gasteiger partial charge in [0.2, 0.25) is 5.91 Å². The average Bonchev–Trinajstić information content (AvgIpc) is 2.46. The fourth-order valence-electron chi connectivity index (χ4n) is 1.76. The number of amides is 1. The van der Waals surface area contributed by atoms with Crippen molar-refractivity contribution in [2.45, 2.75) is 39.7 Å². The van der Waals surface area contributed by atoms with Crippen LogP contribution in [0.5, 0.6) is 11.5 Å². The summed E-state index contributed by atoms with van der Waals surface area (Å²) in [6, 6.07) is 5.61. The third-order valence-electron chi connectivity index (χ3n) is 2.81. The lowest BCUT2D eigenvalue weighted by Crippen LogP contribution is -2.21. The number of ether oxygens (including phenoxy) is 2. The number of methoxy groups -OCH3 is 1. The highest BCUT2D eigenvalue weighted by Crippen LogP contribution is 2.29. The second-order valence-corrected chi connectivity index (χ2v) is 5.05. The molecule has 0 aliphatic rings. The highest BCUT2D eigenvalue weighted by molar-refractivity contribution is 5.91. The predicted octanol–water partition coefficient (Wildman–Crippen LogP) is 3.41. The number of hydrogen-bond donors (Lipinski definition) is 1. The van der Waals surface area contributed by atoms with Crippen LogP contribution in [-0.4, -0.2) is 25.7 Å². The fraction of sp³-hybridized carbons (Fsp3) is 0.471. The Morgan fingerprint density at radius 3 is 2.71 bits per heavy atom. The second-order valence-electron chi connectivity index (χ2n) is 5.05. The first-order valence-corrected chi connectivity index (χ1v) is 7.37. The van der Waals surface area contributed by atoms with E-state index in [9.17, 15) is 4.79 Å². The molecule has 1 aromatic carbocycles. The van der Waals surface area contributed by atoms with Gasteiger partial charge < -0.3 is 14.8 Å². The molecule has 0 bridgehead atoms. The molecule has 1 N–H and O–H groups in total. The quantitative estimate of drug-likeness (QED) is 0.590. The van der Waals surface area contributed by atoms with E-state index in [-0.39, 0.29) is 12.0 Å². The van der Waals surface area contributed by atoms with E-state index in [0.29, 0.717) is 18.0 Å². The normalized spacial score (nSPS) is 10.9. The van der Waals surface area contributed by atoms with Gasteiger partial charge in [-0.25, -0.2) is 0 Å². The topological polar surface area (TPSA) is 47.6 Å². The molecule has 0 aliphatic heterocycles. The summed E-state index contributed by atoms with van der Waals surface area (Å²) in [6.45, 7) is 6.74. The highest BCUT2D eigenvalue weighted by Gasteiger charge is 2.06. The standard InChI is InChI=1S/C17H25NO3/c1-5-6-11-18-17(19)10-8-14-7-9-15(21-13(2)3)16(12-14)20-4/h7-10,12-13H,5-6,11H2,1-4H3,(H,18,19)/b10-8+. The number of benzene rings is 1. The number of unbranched alkanes of at least 4 members (excludes halogenated alkanes) is 1. The Balaban J connectivity index is 2.69. The van der Waals surface area contributed by atoms with Crippen molar-refractivity contribution in [1.29, 1.82) is 0 Å². The van der Waals surface area contributed by atoms with Gasteiger partial charge in [0, 0.05) is 12.6 Å². The molecule has 0 fully saturated rings. The van der Waals surface area contributed by atoms with Crippen molar-refractivity contribution in [2.24, 2.45) is 0 Å². The van der Waals surface area contributed by atoms with Gasteiger partial charge in [0.05, 0.1) is 13.2 Å². The first kappa shape index (κ1) is 17.1. The Kier molecular flexibility index (Phi) is 7.37. The molecule has 21 heavy (non-hydrogen) atoms. The lowest BCUT2D eigenvalue weighted by molar-refractivity contribution is -0.116. The van der Waals surface area contributed by atoms with E-state index >= 15 is 0 Å². The van der Waals surface area contributed by atoms with Crippen LogP contribution in [0.4, 0.5) is 0 Å². The summed E-state index contributed by atoms with van der Waals surface area (Å²) in [7, 11) is 1.60. The van der Waals surface area contributed by atoms with E-state index in [0.717, 1.165) is 18.4 Å². The third-order valence-corrected chi connectivity index (χ3v) is 2.81. The van der Waals surface area contributed by atoms with Crippen LogP contribution in [0.2, 0.25) is 0 Å². The second kappa shape index (κ2) is 9.06. The van der Waals surface area contributed by atoms with Crippen molar-refractivity contribution < 1.29 is 14.3 Å². The first-order chi connectivity index (χ1) is 10.1. The molecule has 0 spiro atoms. The lowest BCUT2D eigenvalue weighted by atomic mass is 10.2. The smallest absolute Gasteiger partial charge is 0.243 e. The van der Waals surface area contributed by atoms with Gasteiger partial charge in [-0.2, -0.15) is 0 Å². The summed E-state index contributed by atoms with van der Waals surface area (Å²) in [6.07, 6.45) is 5.45. The number of carbonyl (C=O) groups excluding carboxylic acids is 1. The summed E-state index contributed by atoms with van der Waals surface area (Å²) in [5.74, 6) is 1.29. The summed E-state index contributed by atoms with van der Waals surface area (Å²) < 4.78 is 11.0. The maximum Gasteiger partial charge on any atom is 0.243 e. The Morgan fingerprint density at radius 2 is 2.10 bits per heavy atom. The molecule has 1 aromatic rings. The highest BCUT2D eigenvalue weighted by atomic mass is 16.5. The maximum absolute atomic E-state index is 11.6. The minimum absolute atomic E-state index is 0.0788. The van der Waals surface area contributed by atoms with Crippen LogP contribution in [0.15, 0.2) is 24.3 Å². The SMILES string of the molecule is CCCCNC(=O)/C=C/c1ccc(OC(C)C)c(OC)c1. The summed E-state index contributed by atoms with van der Waals surface area (Å²) >= 11 is 0. The third kappa shape index (κ3) is 6.34. The Morgan fingerprint density at radius 1 is 1.33 bits per heavy atom. The van der Waals surface area contributed by atoms with Crippen LogP contribution in [0.25, 0.3) is 6.08 Å². The zero-order chi connectivity index (χ0) is 15.7. The first-order valence-electron chi connectivity index (χ1n) is 7.37. The van der Waals surface area contributed by atoms with Crippen LogP contribution in [-0.2, 0) is 4.79 Å². The molecule has 4 nitrogen and oxygen atoms in total. The van der Waals surface area contributed by atoms with Crippen molar-refractivity contribution >= 4 is 12.0 Å². The molecule has 1 rings (SSSR count). The lowest BCUT2D eigenvalue weighted by Gasteiger charge is -2.13. The van der Waals surface area contributed by atoms with E-state index in [1.54, 1.807) is 13.2 Å². The van der Waals surface area contributed by atoms with Gasteiger partial charge in [-0.05, 0) is 44.0 Å². The van der Waals surface area contributed by atoms with Gasteiger partial charge in [-0.3, -0.25) is 4.79 Å². The molecule has 0 aromatic heterocycles. The predicted molar refractivity (Wildman–Crippen MR) is 85.7 cm³/mol. The summed E-state index contributed by atoms with van der Waals surface area (Å²) in [4.78, 5) is 11.6. The van der Waals surface area contributed by atoms with Crippen molar-refractivity contribution in [3.8, 4) is 11.5 Å². The van der Waals surface area contributed by atoms with Gasteiger partial charge in [-0.15, -0.1) is 0 Å². The van der Waals surface area contributed by atoms with Crippen molar-refractivity contribution in [2.75, 3.05) is 13.7 Å². The molecule has 4 heteroatoms. The monoisotopic (exact) mass is 291 g/mol. The summed E-state index contributed by atoms with van der Waals surface area (Å²) in [5, 5.41) is 2.84. The number of rotatable bonds is 8. The van der Waals surface area contributed by atoms with Crippen molar-refractivity contribution in [3.63, 3.8) is 0 Å². The van der Waals surface area contributed by atoms with Crippen LogP contribution in [0.1, 0.15) is 39.2 Å². The zero-order valence-electron chi connectivity index (χ0n) is 13.3. The Bertz CT molecular complexity index is 481. The minimum Gasteiger partial charge on any atom is -0.493 e. The zero-order valence-corrected chi connectivity index (χ0v) is 13.3. The molecule has 0 saturated carbocycles. The van der Waals surface area contributed by atoms with E-state index in [2.05, 4.69) is 12.2 Å². The molecule has 0 heterocycles. The van der Waals surface area contributed by atoms with Crippen molar-refractivity contribution in [1.82, 2.24) is 5.32 Å². The van der Waals surface area contributed by atoms with Crippen LogP contribution < -0.4 is 14.8 Å². The molecule has 0 aliphatic carbocycles. The van der Waals surface area contributed by atoms with Crippen LogP contribution in [0.3, 0.4) is 0 Å². The van der Waals surface area contributed by atoms with E-state index in [1.807, 2.05) is 32.0 Å². The fourth-order valence-corrected chi connectivity index (χ4v) is 1.76. The maximum atomic E-state index is 11.6. The molecule has 116 valence electrons. The van der Waals surface area contributed by atoms with E-state index in [1.165, 1.54) is 6.08 Å². The number of carbonyl (C=O) groups is 1. The van der Waals surface area contributed by atoms with Gasteiger partial charge in [0.15, 0.2) is 11.5 Å². The molecule has 0 radical (unpaired) electrons. The summed E-state index contributed by atoms with van der Waals surface area (Å²) in [5.41, 5.74) is 0.897. The number of hydrogen-bond acceptors (Lipinski definition) is 3. The Labute approximate surface area is 127 Å². The molecule has 0 atom stereocenters. The van der Waals surface area contributed by atoms with E-state index in [4.69, 9.17) is 9.47 Å². The van der Waals surface area contributed by atoms with Gasteiger partial charge in [-0.1, -0.05) is 19.4 Å². The number of nitrogens with one attached hydrogen (secondary N) is 1. The molecular weight excluding hydrogens is 266 g/mol. The van der Waals surface area contributed by atoms with E-state index < -0.39 is 0 Å². The van der Waals surface area contributed by atoms with Crippen LogP contribution >= 0.6 is 0 Å². The molecule has 1 amide bonds. The van der Waals surface area contributed by atoms with Gasteiger partial charge >= 0.3 is 0 Å². The van der Waals surface area contributed by atoms with Crippen molar-refractivity contribution in [3.05, 3.63) is 29.8 Å². The van der Waals surface area contributed by atoms with Gasteiger partial charge in [0.1, 0.15) is 0 Å². The largest absolute Gasteiger partial charge is 0.493 e. The molecule has 0 saturated heterocycles. The van der Waals surface area contributed by atoms with Crippen LogP contribution in [0, 0.1) is 0 Å². The average molecular weight is 291 g/mol. The molecular formula is C17H25NO3. The molecule has 0 unspecified atom stereocenters. The Hall–Kier alpha value is -1.97.